The minimum atomic E-state index is 0.263. The van der Waals surface area contributed by atoms with Gasteiger partial charge in [-0.3, -0.25) is 4.79 Å². The maximum absolute atomic E-state index is 12.6. The normalized spacial score (nSPS) is 17.9. The van der Waals surface area contributed by atoms with Crippen LogP contribution in [0.4, 0.5) is 0 Å². The van der Waals surface area contributed by atoms with Gasteiger partial charge in [-0.25, -0.2) is 9.97 Å². The fourth-order valence-electron chi connectivity index (χ4n) is 3.65. The summed E-state index contributed by atoms with van der Waals surface area (Å²) < 4.78 is 2.02. The van der Waals surface area contributed by atoms with Crippen molar-refractivity contribution < 1.29 is 4.79 Å². The fraction of sp³-hybridized carbons (Fsp3) is 0.421. The predicted molar refractivity (Wildman–Crippen MR) is 96.1 cm³/mol. The summed E-state index contributed by atoms with van der Waals surface area (Å²) in [5.74, 6) is 0.639. The third-order valence-corrected chi connectivity index (χ3v) is 4.99. The Morgan fingerprint density at radius 2 is 2.32 bits per heavy atom. The molecule has 0 radical (unpaired) electrons. The van der Waals surface area contributed by atoms with Gasteiger partial charge in [-0.1, -0.05) is 0 Å². The highest BCUT2D eigenvalue weighted by Gasteiger charge is 2.25. The average molecular weight is 337 g/mol. The lowest BCUT2D eigenvalue weighted by molar-refractivity contribution is -0.132. The van der Waals surface area contributed by atoms with Crippen LogP contribution in [0.2, 0.25) is 0 Å². The molecule has 0 unspecified atom stereocenters. The molecular weight excluding hydrogens is 314 g/mol. The van der Waals surface area contributed by atoms with E-state index in [1.165, 1.54) is 5.69 Å². The second-order valence-corrected chi connectivity index (χ2v) is 6.75. The van der Waals surface area contributed by atoms with Crippen LogP contribution in [-0.2, 0) is 11.3 Å². The Balaban J connectivity index is 1.36. The zero-order chi connectivity index (χ0) is 17.1. The molecule has 1 atom stereocenters. The second kappa shape index (κ2) is 7.09. The van der Waals surface area contributed by atoms with E-state index in [2.05, 4.69) is 27.1 Å². The SMILES string of the molecule is O=C(CCCn1ccnc1)N1CCC[C@@H](c2cc3cccnc3[nH]2)C1. The summed E-state index contributed by atoms with van der Waals surface area (Å²) in [5.41, 5.74) is 2.13. The van der Waals surface area contributed by atoms with E-state index in [4.69, 9.17) is 0 Å². The van der Waals surface area contributed by atoms with Crippen LogP contribution in [0.15, 0.2) is 43.1 Å². The van der Waals surface area contributed by atoms with E-state index >= 15 is 0 Å². The molecule has 1 saturated heterocycles. The van der Waals surface area contributed by atoms with Crippen molar-refractivity contribution in [2.75, 3.05) is 13.1 Å². The minimum absolute atomic E-state index is 0.263. The third kappa shape index (κ3) is 3.57. The summed E-state index contributed by atoms with van der Waals surface area (Å²) in [6.07, 6.45) is 10.9. The molecule has 3 aromatic heterocycles. The molecule has 0 aliphatic carbocycles. The summed E-state index contributed by atoms with van der Waals surface area (Å²) in [7, 11) is 0. The van der Waals surface area contributed by atoms with Gasteiger partial charge in [0.25, 0.3) is 0 Å². The number of likely N-dealkylation sites (tertiary alicyclic amines) is 1. The van der Waals surface area contributed by atoms with E-state index in [9.17, 15) is 4.79 Å². The molecule has 6 heteroatoms. The van der Waals surface area contributed by atoms with Gasteiger partial charge in [0, 0.05) is 61.6 Å². The Kier molecular flexibility index (Phi) is 4.50. The van der Waals surface area contributed by atoms with Crippen molar-refractivity contribution >= 4 is 16.9 Å². The second-order valence-electron chi connectivity index (χ2n) is 6.75. The number of hydrogen-bond acceptors (Lipinski definition) is 3. The fourth-order valence-corrected chi connectivity index (χ4v) is 3.65. The van der Waals surface area contributed by atoms with Gasteiger partial charge in [0.2, 0.25) is 5.91 Å². The number of aromatic nitrogens is 4. The monoisotopic (exact) mass is 337 g/mol. The van der Waals surface area contributed by atoms with Crippen LogP contribution in [0, 0.1) is 0 Å². The Morgan fingerprint density at radius 1 is 1.36 bits per heavy atom. The predicted octanol–water partition coefficient (Wildman–Crippen LogP) is 2.95. The molecule has 1 N–H and O–H groups in total. The topological polar surface area (TPSA) is 66.8 Å². The van der Waals surface area contributed by atoms with Crippen molar-refractivity contribution in [1.29, 1.82) is 0 Å². The Hall–Kier alpha value is -2.63. The highest BCUT2D eigenvalue weighted by molar-refractivity contribution is 5.77. The van der Waals surface area contributed by atoms with Crippen molar-refractivity contribution in [2.45, 2.75) is 38.1 Å². The lowest BCUT2D eigenvalue weighted by atomic mass is 9.94. The number of hydrogen-bond donors (Lipinski definition) is 1. The summed E-state index contributed by atoms with van der Waals surface area (Å²) in [5, 5.41) is 1.14. The molecule has 1 amide bonds. The number of aryl methyl sites for hydroxylation is 1. The highest BCUT2D eigenvalue weighted by Crippen LogP contribution is 2.28. The van der Waals surface area contributed by atoms with E-state index in [0.29, 0.717) is 12.3 Å². The lowest BCUT2D eigenvalue weighted by Crippen LogP contribution is -2.39. The molecule has 6 nitrogen and oxygen atoms in total. The van der Waals surface area contributed by atoms with E-state index in [1.807, 2.05) is 21.7 Å². The first-order valence-corrected chi connectivity index (χ1v) is 8.97. The molecule has 130 valence electrons. The molecule has 1 aliphatic rings. The third-order valence-electron chi connectivity index (χ3n) is 4.99. The standard InChI is InChI=1S/C19H23N5O/c25-18(6-3-9-23-11-8-20-14-23)24-10-2-5-16(13-24)17-12-15-4-1-7-21-19(15)22-17/h1,4,7-8,11-12,14,16H,2-3,5-6,9-10,13H2,(H,21,22)/t16-/m1/s1. The van der Waals surface area contributed by atoms with Crippen molar-refractivity contribution in [3.05, 3.63) is 48.8 Å². The van der Waals surface area contributed by atoms with Gasteiger partial charge >= 0.3 is 0 Å². The van der Waals surface area contributed by atoms with Crippen LogP contribution < -0.4 is 0 Å². The number of aromatic amines is 1. The van der Waals surface area contributed by atoms with E-state index in [1.54, 1.807) is 18.7 Å². The van der Waals surface area contributed by atoms with Gasteiger partial charge in [0.15, 0.2) is 0 Å². The molecule has 1 fully saturated rings. The molecule has 1 aliphatic heterocycles. The quantitative estimate of drug-likeness (QED) is 0.778. The Morgan fingerprint density at radius 3 is 3.16 bits per heavy atom. The van der Waals surface area contributed by atoms with Crippen molar-refractivity contribution in [3.8, 4) is 0 Å². The maximum atomic E-state index is 12.6. The van der Waals surface area contributed by atoms with Crippen LogP contribution in [0.25, 0.3) is 11.0 Å². The smallest absolute Gasteiger partial charge is 0.222 e. The number of imidazole rings is 1. The number of rotatable bonds is 5. The largest absolute Gasteiger partial charge is 0.343 e. The van der Waals surface area contributed by atoms with Gasteiger partial charge in [-0.2, -0.15) is 0 Å². The molecule has 25 heavy (non-hydrogen) atoms. The first-order chi connectivity index (χ1) is 12.3. The van der Waals surface area contributed by atoms with Gasteiger partial charge in [0.1, 0.15) is 5.65 Å². The molecule has 0 spiro atoms. The number of carbonyl (C=O) groups is 1. The van der Waals surface area contributed by atoms with E-state index in [-0.39, 0.29) is 5.91 Å². The number of amides is 1. The summed E-state index contributed by atoms with van der Waals surface area (Å²) in [4.78, 5) is 26.4. The van der Waals surface area contributed by atoms with Gasteiger partial charge < -0.3 is 14.5 Å². The van der Waals surface area contributed by atoms with Gasteiger partial charge in [-0.15, -0.1) is 0 Å². The van der Waals surface area contributed by atoms with Crippen LogP contribution in [-0.4, -0.2) is 43.4 Å². The molecule has 0 saturated carbocycles. The maximum Gasteiger partial charge on any atom is 0.222 e. The minimum Gasteiger partial charge on any atom is -0.343 e. The van der Waals surface area contributed by atoms with Crippen LogP contribution in [0.5, 0.6) is 0 Å². The zero-order valence-corrected chi connectivity index (χ0v) is 14.3. The summed E-state index contributed by atoms with van der Waals surface area (Å²) in [6.45, 7) is 2.52. The van der Waals surface area contributed by atoms with Crippen molar-refractivity contribution in [3.63, 3.8) is 0 Å². The number of fused-ring (bicyclic) bond motifs is 1. The molecule has 0 aromatic carbocycles. The average Bonchev–Trinajstić information content (AvgIpc) is 3.31. The Labute approximate surface area is 146 Å². The number of carbonyl (C=O) groups excluding carboxylic acids is 1. The van der Waals surface area contributed by atoms with Crippen LogP contribution in [0.1, 0.15) is 37.3 Å². The summed E-state index contributed by atoms with van der Waals surface area (Å²) in [6, 6.07) is 6.21. The molecule has 0 bridgehead atoms. The number of piperidine rings is 1. The highest BCUT2D eigenvalue weighted by atomic mass is 16.2. The van der Waals surface area contributed by atoms with Crippen molar-refractivity contribution in [2.24, 2.45) is 0 Å². The van der Waals surface area contributed by atoms with Gasteiger partial charge in [-0.05, 0) is 37.5 Å². The van der Waals surface area contributed by atoms with Crippen molar-refractivity contribution in [1.82, 2.24) is 24.4 Å². The van der Waals surface area contributed by atoms with Crippen LogP contribution in [0.3, 0.4) is 0 Å². The number of nitrogens with zero attached hydrogens (tertiary/aromatic N) is 4. The molecular formula is C19H23N5O. The first-order valence-electron chi connectivity index (χ1n) is 8.97. The van der Waals surface area contributed by atoms with Crippen LogP contribution >= 0.6 is 0 Å². The van der Waals surface area contributed by atoms with Gasteiger partial charge in [0.05, 0.1) is 6.33 Å². The summed E-state index contributed by atoms with van der Waals surface area (Å²) >= 11 is 0. The first kappa shape index (κ1) is 15.9. The zero-order valence-electron chi connectivity index (χ0n) is 14.3. The number of pyridine rings is 1. The van der Waals surface area contributed by atoms with E-state index < -0.39 is 0 Å². The molecule has 3 aromatic rings. The molecule has 4 rings (SSSR count). The number of H-pyrrole nitrogens is 1. The van der Waals surface area contributed by atoms with E-state index in [0.717, 1.165) is 49.9 Å². The Bertz CT molecular complexity index is 806. The molecule has 4 heterocycles. The lowest BCUT2D eigenvalue weighted by Gasteiger charge is -2.32. The number of nitrogens with one attached hydrogen (secondary N) is 1.